The molecule has 1 aromatic carbocycles. The van der Waals surface area contributed by atoms with Crippen LogP contribution in [0, 0.1) is 3.57 Å². The quantitative estimate of drug-likeness (QED) is 0.735. The second-order valence-electron chi connectivity index (χ2n) is 4.18. The van der Waals surface area contributed by atoms with Crippen LogP contribution in [0.15, 0.2) is 18.2 Å². The van der Waals surface area contributed by atoms with Gasteiger partial charge >= 0.3 is 0 Å². The molecule has 1 N–H and O–H groups in total. The Hall–Kier alpha value is -0.0400. The smallest absolute Gasteiger partial charge is 0.254 e. The highest BCUT2D eigenvalue weighted by Crippen LogP contribution is 2.21. The monoisotopic (exact) mass is 400 g/mol. The van der Waals surface area contributed by atoms with Crippen LogP contribution in [0.5, 0.6) is 0 Å². The molecule has 18 heavy (non-hydrogen) atoms. The van der Waals surface area contributed by atoms with Crippen LogP contribution in [-0.4, -0.2) is 36.5 Å². The first-order chi connectivity index (χ1) is 8.09. The molecule has 1 saturated heterocycles. The van der Waals surface area contributed by atoms with Crippen LogP contribution in [0.3, 0.4) is 0 Å². The van der Waals surface area contributed by atoms with Gasteiger partial charge in [0.05, 0.1) is 5.02 Å². The first-order valence-corrected chi connectivity index (χ1v) is 7.02. The van der Waals surface area contributed by atoms with Gasteiger partial charge in [0.1, 0.15) is 0 Å². The molecule has 0 spiro atoms. The minimum absolute atomic E-state index is 0. The lowest BCUT2D eigenvalue weighted by molar-refractivity contribution is 0.0656. The molecule has 3 nitrogen and oxygen atoms in total. The molecule has 100 valence electrons. The molecule has 1 fully saturated rings. The van der Waals surface area contributed by atoms with Crippen molar-refractivity contribution in [2.45, 2.75) is 13.0 Å². The third-order valence-corrected chi connectivity index (χ3v) is 4.50. The first-order valence-electron chi connectivity index (χ1n) is 5.56. The molecule has 1 heterocycles. The number of piperazine rings is 1. The van der Waals surface area contributed by atoms with E-state index in [-0.39, 0.29) is 24.4 Å². The molecule has 1 aromatic rings. The molecule has 1 aliphatic rings. The summed E-state index contributed by atoms with van der Waals surface area (Å²) in [5, 5.41) is 3.91. The van der Waals surface area contributed by atoms with Crippen molar-refractivity contribution in [3.8, 4) is 0 Å². The Morgan fingerprint density at radius 3 is 2.89 bits per heavy atom. The Morgan fingerprint density at radius 1 is 1.56 bits per heavy atom. The van der Waals surface area contributed by atoms with Gasteiger partial charge in [-0.25, -0.2) is 0 Å². The van der Waals surface area contributed by atoms with Crippen LogP contribution in [0.2, 0.25) is 5.02 Å². The molecule has 1 amide bonds. The highest BCUT2D eigenvalue weighted by molar-refractivity contribution is 14.1. The molecule has 1 atom stereocenters. The Labute approximate surface area is 132 Å². The molecule has 0 radical (unpaired) electrons. The van der Waals surface area contributed by atoms with E-state index in [1.165, 1.54) is 0 Å². The minimum Gasteiger partial charge on any atom is -0.333 e. The van der Waals surface area contributed by atoms with Gasteiger partial charge in [0.15, 0.2) is 0 Å². The molecule has 0 bridgehead atoms. The average molecular weight is 401 g/mol. The topological polar surface area (TPSA) is 32.3 Å². The van der Waals surface area contributed by atoms with E-state index in [1.54, 1.807) is 6.07 Å². The number of carbonyl (C=O) groups excluding carboxylic acids is 1. The number of benzene rings is 1. The van der Waals surface area contributed by atoms with Crippen molar-refractivity contribution in [1.82, 2.24) is 10.2 Å². The maximum absolute atomic E-state index is 12.3. The molecule has 0 aliphatic carbocycles. The van der Waals surface area contributed by atoms with E-state index in [2.05, 4.69) is 34.8 Å². The zero-order valence-electron chi connectivity index (χ0n) is 9.95. The number of carbonyl (C=O) groups is 1. The number of halogens is 3. The van der Waals surface area contributed by atoms with Gasteiger partial charge in [0.25, 0.3) is 5.91 Å². The van der Waals surface area contributed by atoms with Crippen molar-refractivity contribution in [1.29, 1.82) is 0 Å². The number of nitrogens with one attached hydrogen (secondary N) is 1. The number of nitrogens with zero attached hydrogens (tertiary/aromatic N) is 1. The number of hydrogen-bond acceptors (Lipinski definition) is 2. The highest BCUT2D eigenvalue weighted by atomic mass is 127. The fourth-order valence-corrected chi connectivity index (χ4v) is 2.45. The zero-order chi connectivity index (χ0) is 12.4. The molecule has 6 heteroatoms. The van der Waals surface area contributed by atoms with Gasteiger partial charge in [0.2, 0.25) is 0 Å². The maximum Gasteiger partial charge on any atom is 0.254 e. The second kappa shape index (κ2) is 6.93. The van der Waals surface area contributed by atoms with Gasteiger partial charge in [-0.3, -0.25) is 4.79 Å². The molecular weight excluding hydrogens is 386 g/mol. The lowest BCUT2D eigenvalue weighted by atomic mass is 10.1. The Kier molecular flexibility index (Phi) is 6.17. The lowest BCUT2D eigenvalue weighted by Gasteiger charge is -2.34. The van der Waals surface area contributed by atoms with E-state index >= 15 is 0 Å². The van der Waals surface area contributed by atoms with E-state index in [1.807, 2.05) is 17.0 Å². The third kappa shape index (κ3) is 3.50. The van der Waals surface area contributed by atoms with Gasteiger partial charge in [-0.1, -0.05) is 11.6 Å². The van der Waals surface area contributed by atoms with Gasteiger partial charge < -0.3 is 10.2 Å². The maximum atomic E-state index is 12.3. The average Bonchev–Trinajstić information content (AvgIpc) is 2.32. The first kappa shape index (κ1) is 16.0. The summed E-state index contributed by atoms with van der Waals surface area (Å²) in [5.74, 6) is 0.0669. The van der Waals surface area contributed by atoms with Crippen molar-refractivity contribution in [2.75, 3.05) is 19.6 Å². The lowest BCUT2D eigenvalue weighted by Crippen LogP contribution is -2.52. The fourth-order valence-electron chi connectivity index (χ4n) is 1.94. The predicted octanol–water partition coefficient (Wildman–Crippen LogP) is 2.80. The molecule has 1 aliphatic heterocycles. The second-order valence-corrected chi connectivity index (χ2v) is 5.75. The van der Waals surface area contributed by atoms with Gasteiger partial charge in [-0.2, -0.15) is 0 Å². The summed E-state index contributed by atoms with van der Waals surface area (Å²) in [4.78, 5) is 14.2. The van der Waals surface area contributed by atoms with Crippen LogP contribution in [-0.2, 0) is 0 Å². The molecule has 0 aromatic heterocycles. The van der Waals surface area contributed by atoms with E-state index in [4.69, 9.17) is 11.6 Å². The predicted molar refractivity (Wildman–Crippen MR) is 84.8 cm³/mol. The van der Waals surface area contributed by atoms with Crippen LogP contribution in [0.4, 0.5) is 0 Å². The van der Waals surface area contributed by atoms with Gasteiger partial charge in [0, 0.05) is 34.8 Å². The molecule has 0 saturated carbocycles. The SMILES string of the molecule is CC1CNCCN1C(=O)c1ccc(I)c(Cl)c1.Cl. The highest BCUT2D eigenvalue weighted by Gasteiger charge is 2.24. The van der Waals surface area contributed by atoms with Gasteiger partial charge in [-0.15, -0.1) is 12.4 Å². The summed E-state index contributed by atoms with van der Waals surface area (Å²) >= 11 is 8.20. The zero-order valence-corrected chi connectivity index (χ0v) is 13.7. The normalized spacial score (nSPS) is 19.3. The summed E-state index contributed by atoms with van der Waals surface area (Å²) in [6, 6.07) is 5.70. The summed E-state index contributed by atoms with van der Waals surface area (Å²) in [6.07, 6.45) is 0. The van der Waals surface area contributed by atoms with Gasteiger partial charge in [-0.05, 0) is 47.7 Å². The molecule has 1 unspecified atom stereocenters. The Morgan fingerprint density at radius 2 is 2.28 bits per heavy atom. The Balaban J connectivity index is 0.00000162. The van der Waals surface area contributed by atoms with Crippen molar-refractivity contribution >= 4 is 52.5 Å². The van der Waals surface area contributed by atoms with Crippen LogP contribution in [0.1, 0.15) is 17.3 Å². The summed E-state index contributed by atoms with van der Waals surface area (Å²) in [6.45, 7) is 4.51. The van der Waals surface area contributed by atoms with Crippen LogP contribution in [0.25, 0.3) is 0 Å². The summed E-state index contributed by atoms with van der Waals surface area (Å²) < 4.78 is 0.967. The van der Waals surface area contributed by atoms with E-state index < -0.39 is 0 Å². The van der Waals surface area contributed by atoms with E-state index in [0.29, 0.717) is 10.6 Å². The van der Waals surface area contributed by atoms with Crippen LogP contribution < -0.4 is 5.32 Å². The summed E-state index contributed by atoms with van der Waals surface area (Å²) in [5.41, 5.74) is 0.671. The molecular formula is C12H15Cl2IN2O. The fraction of sp³-hybridized carbons (Fsp3) is 0.417. The Bertz CT molecular complexity index is 442. The third-order valence-electron chi connectivity index (χ3n) is 2.93. The standard InChI is InChI=1S/C12H14ClIN2O.ClH/c1-8-7-15-4-5-16(8)12(17)9-2-3-11(14)10(13)6-9;/h2-3,6,8,15H,4-5,7H2,1H3;1H. The molecule has 2 rings (SSSR count). The van der Waals surface area contributed by atoms with E-state index in [9.17, 15) is 4.79 Å². The van der Waals surface area contributed by atoms with Crippen molar-refractivity contribution < 1.29 is 4.79 Å². The van der Waals surface area contributed by atoms with E-state index in [0.717, 1.165) is 23.2 Å². The largest absolute Gasteiger partial charge is 0.333 e. The number of amides is 1. The van der Waals surface area contributed by atoms with Crippen molar-refractivity contribution in [3.05, 3.63) is 32.4 Å². The van der Waals surface area contributed by atoms with Crippen LogP contribution >= 0.6 is 46.6 Å². The minimum atomic E-state index is 0. The van der Waals surface area contributed by atoms with Crippen molar-refractivity contribution in [3.63, 3.8) is 0 Å². The van der Waals surface area contributed by atoms with Crippen molar-refractivity contribution in [2.24, 2.45) is 0 Å². The number of rotatable bonds is 1. The number of hydrogen-bond donors (Lipinski definition) is 1. The summed E-state index contributed by atoms with van der Waals surface area (Å²) in [7, 11) is 0.